The average Bonchev–Trinajstić information content (AvgIpc) is 2.27. The maximum atomic E-state index is 11.6. The van der Waals surface area contributed by atoms with E-state index in [-0.39, 0.29) is 0 Å². The molecular formula is C14H20O. The summed E-state index contributed by atoms with van der Waals surface area (Å²) >= 11 is 0. The number of hydrogen-bond donors (Lipinski definition) is 0. The molecule has 82 valence electrons. The molecule has 0 aliphatic carbocycles. The van der Waals surface area contributed by atoms with E-state index in [0.717, 1.165) is 19.3 Å². The average molecular weight is 204 g/mol. The minimum absolute atomic E-state index is 0.396. The monoisotopic (exact) mass is 204 g/mol. The van der Waals surface area contributed by atoms with E-state index in [1.807, 2.05) is 18.2 Å². The van der Waals surface area contributed by atoms with Gasteiger partial charge in [0.1, 0.15) is 5.78 Å². The number of ketones is 1. The van der Waals surface area contributed by atoms with Crippen LogP contribution in [0, 0.1) is 0 Å². The summed E-state index contributed by atoms with van der Waals surface area (Å²) in [6, 6.07) is 10.3. The molecule has 0 aromatic heterocycles. The largest absolute Gasteiger partial charge is 0.300 e. The van der Waals surface area contributed by atoms with E-state index in [1.54, 1.807) is 0 Å². The molecule has 0 bridgehead atoms. The van der Waals surface area contributed by atoms with E-state index in [2.05, 4.69) is 26.0 Å². The molecule has 0 fully saturated rings. The summed E-state index contributed by atoms with van der Waals surface area (Å²) in [4.78, 5) is 11.6. The Hall–Kier alpha value is -1.11. The Morgan fingerprint density at radius 1 is 1.20 bits per heavy atom. The number of carbonyl (C=O) groups excluding carboxylic acids is 1. The molecule has 0 heterocycles. The van der Waals surface area contributed by atoms with Crippen LogP contribution in [0.2, 0.25) is 0 Å². The Kier molecular flexibility index (Phi) is 5.09. The molecule has 1 atom stereocenters. The second-order valence-electron chi connectivity index (χ2n) is 4.01. The zero-order valence-electron chi connectivity index (χ0n) is 9.70. The van der Waals surface area contributed by atoms with E-state index < -0.39 is 0 Å². The maximum absolute atomic E-state index is 11.6. The zero-order chi connectivity index (χ0) is 11.1. The number of Topliss-reactive ketones (excluding diaryl/α,β-unsaturated/α-hetero) is 1. The Labute approximate surface area is 92.5 Å². The molecule has 1 rings (SSSR count). The van der Waals surface area contributed by atoms with Crippen LogP contribution in [0.5, 0.6) is 0 Å². The minimum Gasteiger partial charge on any atom is -0.300 e. The van der Waals surface area contributed by atoms with Crippen molar-refractivity contribution in [3.8, 4) is 0 Å². The van der Waals surface area contributed by atoms with Crippen molar-refractivity contribution >= 4 is 5.78 Å². The molecule has 0 N–H and O–H groups in total. The summed E-state index contributed by atoms with van der Waals surface area (Å²) < 4.78 is 0. The molecular weight excluding hydrogens is 184 g/mol. The summed E-state index contributed by atoms with van der Waals surface area (Å²) in [5.74, 6) is 0.804. The van der Waals surface area contributed by atoms with Gasteiger partial charge >= 0.3 is 0 Å². The molecule has 0 radical (unpaired) electrons. The minimum atomic E-state index is 0.396. The smallest absolute Gasteiger partial charge is 0.133 e. The summed E-state index contributed by atoms with van der Waals surface area (Å²) in [5.41, 5.74) is 1.30. The van der Waals surface area contributed by atoms with Gasteiger partial charge in [-0.05, 0) is 24.3 Å². The molecule has 0 amide bonds. The van der Waals surface area contributed by atoms with E-state index >= 15 is 0 Å². The highest BCUT2D eigenvalue weighted by atomic mass is 16.1. The van der Waals surface area contributed by atoms with Gasteiger partial charge in [-0.25, -0.2) is 0 Å². The Balaban J connectivity index is 2.61. The van der Waals surface area contributed by atoms with Gasteiger partial charge in [-0.3, -0.25) is 4.79 Å². The molecule has 0 saturated heterocycles. The van der Waals surface area contributed by atoms with Crippen molar-refractivity contribution in [2.45, 2.75) is 45.4 Å². The van der Waals surface area contributed by atoms with Crippen LogP contribution in [0.15, 0.2) is 30.3 Å². The second kappa shape index (κ2) is 6.39. The lowest BCUT2D eigenvalue weighted by Gasteiger charge is -2.14. The van der Waals surface area contributed by atoms with Crippen molar-refractivity contribution in [1.82, 2.24) is 0 Å². The highest BCUT2D eigenvalue weighted by Gasteiger charge is 2.12. The fraction of sp³-hybridized carbons (Fsp3) is 0.500. The van der Waals surface area contributed by atoms with Gasteiger partial charge in [0.05, 0.1) is 0 Å². The third-order valence-corrected chi connectivity index (χ3v) is 2.77. The van der Waals surface area contributed by atoms with Crippen LogP contribution in [-0.2, 0) is 4.79 Å². The summed E-state index contributed by atoms with van der Waals surface area (Å²) in [6.45, 7) is 4.21. The molecule has 1 aromatic carbocycles. The van der Waals surface area contributed by atoms with Crippen molar-refractivity contribution in [2.24, 2.45) is 0 Å². The van der Waals surface area contributed by atoms with Gasteiger partial charge < -0.3 is 0 Å². The number of hydrogen-bond acceptors (Lipinski definition) is 1. The first-order valence-corrected chi connectivity index (χ1v) is 5.84. The zero-order valence-corrected chi connectivity index (χ0v) is 9.70. The standard InChI is InChI=1S/C14H20O/c1-3-8-14(15)11-12(4-2)13-9-6-5-7-10-13/h5-7,9-10,12H,3-4,8,11H2,1-2H3. The third kappa shape index (κ3) is 3.86. The van der Waals surface area contributed by atoms with E-state index in [4.69, 9.17) is 0 Å². The lowest BCUT2D eigenvalue weighted by Crippen LogP contribution is -2.06. The number of benzene rings is 1. The molecule has 1 nitrogen and oxygen atoms in total. The topological polar surface area (TPSA) is 17.1 Å². The lowest BCUT2D eigenvalue weighted by molar-refractivity contribution is -0.119. The van der Waals surface area contributed by atoms with Gasteiger partial charge in [-0.2, -0.15) is 0 Å². The molecule has 0 aliphatic rings. The Morgan fingerprint density at radius 3 is 2.40 bits per heavy atom. The van der Waals surface area contributed by atoms with Crippen molar-refractivity contribution < 1.29 is 4.79 Å². The number of rotatable bonds is 6. The normalized spacial score (nSPS) is 12.4. The SMILES string of the molecule is CCCC(=O)CC(CC)c1ccccc1. The van der Waals surface area contributed by atoms with Crippen LogP contribution in [0.25, 0.3) is 0 Å². The molecule has 1 heteroatoms. The van der Waals surface area contributed by atoms with Gasteiger partial charge in [0.2, 0.25) is 0 Å². The predicted molar refractivity (Wildman–Crippen MR) is 64.0 cm³/mol. The highest BCUT2D eigenvalue weighted by molar-refractivity contribution is 5.79. The first-order chi connectivity index (χ1) is 7.27. The molecule has 0 saturated carbocycles. The summed E-state index contributed by atoms with van der Waals surface area (Å²) in [7, 11) is 0. The third-order valence-electron chi connectivity index (χ3n) is 2.77. The van der Waals surface area contributed by atoms with Crippen LogP contribution < -0.4 is 0 Å². The lowest BCUT2D eigenvalue weighted by atomic mass is 9.90. The molecule has 1 unspecified atom stereocenters. The Morgan fingerprint density at radius 2 is 1.87 bits per heavy atom. The fourth-order valence-electron chi connectivity index (χ4n) is 1.88. The molecule has 0 spiro atoms. The molecule has 1 aromatic rings. The first kappa shape index (κ1) is 12.0. The van der Waals surface area contributed by atoms with Crippen LogP contribution in [-0.4, -0.2) is 5.78 Å². The van der Waals surface area contributed by atoms with Crippen LogP contribution in [0.1, 0.15) is 51.0 Å². The van der Waals surface area contributed by atoms with Gasteiger partial charge in [-0.1, -0.05) is 44.2 Å². The van der Waals surface area contributed by atoms with E-state index in [1.165, 1.54) is 5.56 Å². The second-order valence-corrected chi connectivity index (χ2v) is 4.01. The summed E-state index contributed by atoms with van der Waals surface area (Å²) in [6.07, 6.45) is 3.43. The molecule has 15 heavy (non-hydrogen) atoms. The quantitative estimate of drug-likeness (QED) is 0.686. The summed E-state index contributed by atoms with van der Waals surface area (Å²) in [5, 5.41) is 0. The van der Waals surface area contributed by atoms with Gasteiger partial charge in [0.15, 0.2) is 0 Å². The van der Waals surface area contributed by atoms with Crippen LogP contribution in [0.3, 0.4) is 0 Å². The van der Waals surface area contributed by atoms with Gasteiger partial charge in [0, 0.05) is 12.8 Å². The van der Waals surface area contributed by atoms with Gasteiger partial charge in [0.25, 0.3) is 0 Å². The first-order valence-electron chi connectivity index (χ1n) is 5.84. The molecule has 0 aliphatic heterocycles. The van der Waals surface area contributed by atoms with E-state index in [9.17, 15) is 4.79 Å². The van der Waals surface area contributed by atoms with Crippen molar-refractivity contribution in [3.05, 3.63) is 35.9 Å². The van der Waals surface area contributed by atoms with Crippen molar-refractivity contribution in [1.29, 1.82) is 0 Å². The Bertz CT molecular complexity index is 289. The predicted octanol–water partition coefficient (Wildman–Crippen LogP) is 3.94. The van der Waals surface area contributed by atoms with Crippen LogP contribution >= 0.6 is 0 Å². The van der Waals surface area contributed by atoms with Crippen molar-refractivity contribution in [3.63, 3.8) is 0 Å². The fourth-order valence-corrected chi connectivity index (χ4v) is 1.88. The van der Waals surface area contributed by atoms with E-state index in [0.29, 0.717) is 18.1 Å². The van der Waals surface area contributed by atoms with Gasteiger partial charge in [-0.15, -0.1) is 0 Å². The highest BCUT2D eigenvalue weighted by Crippen LogP contribution is 2.23. The number of carbonyl (C=O) groups is 1. The maximum Gasteiger partial charge on any atom is 0.133 e. The van der Waals surface area contributed by atoms with Crippen LogP contribution in [0.4, 0.5) is 0 Å². The van der Waals surface area contributed by atoms with Crippen molar-refractivity contribution in [2.75, 3.05) is 0 Å².